The zero-order valence-electron chi connectivity index (χ0n) is 16.7. The molecule has 27 heavy (non-hydrogen) atoms. The molecule has 0 spiro atoms. The first-order valence-corrected chi connectivity index (χ1v) is 10.1. The molecule has 3 saturated carbocycles. The molecular weight excluding hydrogens is 338 g/mol. The smallest absolute Gasteiger partial charge is 0.273 e. The number of carbonyl (C=O) groups excluding carboxylic acids is 1. The Morgan fingerprint density at radius 3 is 2.52 bits per heavy atom. The average molecular weight is 367 g/mol. The molecule has 2 aromatic rings. The minimum absolute atomic E-state index is 0.0331. The van der Waals surface area contributed by atoms with E-state index in [1.165, 1.54) is 11.1 Å². The second-order valence-electron chi connectivity index (χ2n) is 9.31. The van der Waals surface area contributed by atoms with Crippen molar-refractivity contribution >= 4 is 16.8 Å². The monoisotopic (exact) mass is 367 g/mol. The number of aromatic nitrogens is 2. The fraction of sp³-hybridized carbons (Fsp3) is 0.591. The number of fused-ring (bicyclic) bond motifs is 3. The van der Waals surface area contributed by atoms with Crippen LogP contribution in [0.5, 0.6) is 0 Å². The third kappa shape index (κ3) is 3.07. The molecule has 1 amide bonds. The van der Waals surface area contributed by atoms with Gasteiger partial charge in [-0.05, 0) is 54.6 Å². The third-order valence-corrected chi connectivity index (χ3v) is 6.94. The number of hydrogen-bond acceptors (Lipinski definition) is 3. The molecule has 0 radical (unpaired) electrons. The summed E-state index contributed by atoms with van der Waals surface area (Å²) in [6.07, 6.45) is 4.05. The SMILES string of the molecule is CC(C)c1nc2ccccc2c(=O)n1NC(=O)C[C@H]1C[C@@H]2C[C@H](C1)C2(C)C. The first-order chi connectivity index (χ1) is 12.8. The number of rotatable bonds is 4. The van der Waals surface area contributed by atoms with Crippen LogP contribution in [0.25, 0.3) is 10.9 Å². The Labute approximate surface area is 160 Å². The Kier molecular flexibility index (Phi) is 4.36. The maximum atomic E-state index is 12.9. The first-order valence-electron chi connectivity index (χ1n) is 10.1. The lowest BCUT2D eigenvalue weighted by Gasteiger charge is -2.59. The summed E-state index contributed by atoms with van der Waals surface area (Å²) in [4.78, 5) is 30.3. The van der Waals surface area contributed by atoms with Gasteiger partial charge in [0.25, 0.3) is 5.56 Å². The van der Waals surface area contributed by atoms with Crippen LogP contribution < -0.4 is 11.0 Å². The highest BCUT2D eigenvalue weighted by Gasteiger charge is 2.52. The van der Waals surface area contributed by atoms with E-state index in [0.29, 0.717) is 34.5 Å². The van der Waals surface area contributed by atoms with Crippen LogP contribution in [-0.2, 0) is 4.79 Å². The fourth-order valence-electron chi connectivity index (χ4n) is 5.07. The molecule has 5 heteroatoms. The number of carbonyl (C=O) groups is 1. The molecule has 0 saturated heterocycles. The highest BCUT2D eigenvalue weighted by atomic mass is 16.2. The van der Waals surface area contributed by atoms with Gasteiger partial charge >= 0.3 is 0 Å². The number of nitrogens with zero attached hydrogens (tertiary/aromatic N) is 2. The topological polar surface area (TPSA) is 64.0 Å². The molecule has 1 N–H and O–H groups in total. The van der Waals surface area contributed by atoms with Crippen molar-refractivity contribution in [3.05, 3.63) is 40.4 Å². The van der Waals surface area contributed by atoms with E-state index in [9.17, 15) is 9.59 Å². The minimum atomic E-state index is -0.203. The van der Waals surface area contributed by atoms with Gasteiger partial charge < -0.3 is 0 Å². The summed E-state index contributed by atoms with van der Waals surface area (Å²) in [5.41, 5.74) is 3.76. The second-order valence-corrected chi connectivity index (χ2v) is 9.31. The Morgan fingerprint density at radius 1 is 1.22 bits per heavy atom. The molecule has 5 nitrogen and oxygen atoms in total. The van der Waals surface area contributed by atoms with E-state index in [1.807, 2.05) is 32.0 Å². The van der Waals surface area contributed by atoms with Crippen molar-refractivity contribution in [3.8, 4) is 0 Å². The van der Waals surface area contributed by atoms with E-state index in [4.69, 9.17) is 0 Å². The summed E-state index contributed by atoms with van der Waals surface area (Å²) in [6.45, 7) is 8.68. The lowest BCUT2D eigenvalue weighted by atomic mass is 9.46. The van der Waals surface area contributed by atoms with E-state index >= 15 is 0 Å². The highest BCUT2D eigenvalue weighted by Crippen LogP contribution is 2.61. The van der Waals surface area contributed by atoms with Crippen LogP contribution in [0.15, 0.2) is 29.1 Å². The van der Waals surface area contributed by atoms with Crippen LogP contribution in [0.2, 0.25) is 0 Å². The van der Waals surface area contributed by atoms with E-state index < -0.39 is 0 Å². The third-order valence-electron chi connectivity index (χ3n) is 6.94. The molecule has 3 atom stereocenters. The largest absolute Gasteiger partial charge is 0.280 e. The van der Waals surface area contributed by atoms with Gasteiger partial charge in [-0.1, -0.05) is 39.8 Å². The van der Waals surface area contributed by atoms with Crippen LogP contribution in [0, 0.1) is 23.2 Å². The Hall–Kier alpha value is -2.17. The van der Waals surface area contributed by atoms with Crippen molar-refractivity contribution in [3.63, 3.8) is 0 Å². The van der Waals surface area contributed by atoms with Crippen LogP contribution in [-0.4, -0.2) is 15.6 Å². The predicted octanol–water partition coefficient (Wildman–Crippen LogP) is 4.05. The summed E-state index contributed by atoms with van der Waals surface area (Å²) in [5.74, 6) is 2.45. The van der Waals surface area contributed by atoms with Gasteiger partial charge in [0.15, 0.2) is 0 Å². The molecular formula is C22H29N3O2. The summed E-state index contributed by atoms with van der Waals surface area (Å²) in [6, 6.07) is 7.29. The Bertz CT molecular complexity index is 930. The molecule has 2 bridgehead atoms. The Balaban J connectivity index is 1.54. The van der Waals surface area contributed by atoms with Crippen molar-refractivity contribution < 1.29 is 4.79 Å². The molecule has 1 heterocycles. The quantitative estimate of drug-likeness (QED) is 0.886. The van der Waals surface area contributed by atoms with Crippen molar-refractivity contribution in [2.45, 2.75) is 59.3 Å². The zero-order valence-corrected chi connectivity index (χ0v) is 16.7. The Morgan fingerprint density at radius 2 is 1.89 bits per heavy atom. The molecule has 3 aliphatic carbocycles. The first kappa shape index (κ1) is 18.2. The minimum Gasteiger partial charge on any atom is -0.273 e. The van der Waals surface area contributed by atoms with Gasteiger partial charge in [-0.25, -0.2) is 9.66 Å². The van der Waals surface area contributed by atoms with Gasteiger partial charge in [-0.2, -0.15) is 0 Å². The lowest BCUT2D eigenvalue weighted by Crippen LogP contribution is -2.51. The number of hydrogen-bond donors (Lipinski definition) is 1. The van der Waals surface area contributed by atoms with Crippen molar-refractivity contribution in [1.29, 1.82) is 0 Å². The van der Waals surface area contributed by atoms with Crippen molar-refractivity contribution in [2.24, 2.45) is 23.2 Å². The number of para-hydroxylation sites is 1. The zero-order chi connectivity index (χ0) is 19.3. The van der Waals surface area contributed by atoms with E-state index in [2.05, 4.69) is 24.3 Å². The molecule has 3 fully saturated rings. The highest BCUT2D eigenvalue weighted by molar-refractivity contribution is 5.85. The molecule has 0 aliphatic heterocycles. The van der Waals surface area contributed by atoms with Gasteiger partial charge in [-0.3, -0.25) is 15.0 Å². The van der Waals surface area contributed by atoms with Crippen molar-refractivity contribution in [2.75, 3.05) is 5.43 Å². The molecule has 0 unspecified atom stereocenters. The summed E-state index contributed by atoms with van der Waals surface area (Å²) in [7, 11) is 0. The molecule has 3 aliphatic rings. The molecule has 1 aromatic heterocycles. The van der Waals surface area contributed by atoms with E-state index in [1.54, 1.807) is 6.07 Å². The van der Waals surface area contributed by atoms with E-state index in [-0.39, 0.29) is 17.4 Å². The van der Waals surface area contributed by atoms with Gasteiger partial charge in [0, 0.05) is 12.3 Å². The summed E-state index contributed by atoms with van der Waals surface area (Å²) < 4.78 is 1.36. The average Bonchev–Trinajstić information content (AvgIpc) is 2.63. The number of amides is 1. The second kappa shape index (κ2) is 6.47. The normalized spacial score (nSPS) is 26.0. The van der Waals surface area contributed by atoms with Crippen molar-refractivity contribution in [1.82, 2.24) is 9.66 Å². The number of nitrogens with one attached hydrogen (secondary N) is 1. The van der Waals surface area contributed by atoms with Gasteiger partial charge in [0.1, 0.15) is 5.82 Å². The summed E-state index contributed by atoms with van der Waals surface area (Å²) in [5, 5.41) is 0.530. The summed E-state index contributed by atoms with van der Waals surface area (Å²) >= 11 is 0. The molecule has 5 rings (SSSR count). The van der Waals surface area contributed by atoms with Gasteiger partial charge in [0.2, 0.25) is 5.91 Å². The molecule has 144 valence electrons. The maximum absolute atomic E-state index is 12.9. The van der Waals surface area contributed by atoms with Crippen LogP contribution in [0.4, 0.5) is 0 Å². The van der Waals surface area contributed by atoms with Crippen LogP contribution >= 0.6 is 0 Å². The number of benzene rings is 1. The predicted molar refractivity (Wildman–Crippen MR) is 107 cm³/mol. The van der Waals surface area contributed by atoms with Gasteiger partial charge in [-0.15, -0.1) is 0 Å². The lowest BCUT2D eigenvalue weighted by molar-refractivity contribution is -0.123. The van der Waals surface area contributed by atoms with Gasteiger partial charge in [0.05, 0.1) is 10.9 Å². The van der Waals surface area contributed by atoms with Crippen LogP contribution in [0.1, 0.15) is 65.1 Å². The maximum Gasteiger partial charge on any atom is 0.280 e. The van der Waals surface area contributed by atoms with Crippen LogP contribution in [0.3, 0.4) is 0 Å². The fourth-order valence-corrected chi connectivity index (χ4v) is 5.07. The van der Waals surface area contributed by atoms with E-state index in [0.717, 1.165) is 24.7 Å². The molecule has 1 aromatic carbocycles. The standard InChI is InChI=1S/C22H29N3O2/c1-13(2)20-23-18-8-6-5-7-17(18)21(27)25(20)24-19(26)11-14-9-15-12-16(10-14)22(15,3)4/h5-8,13-16H,9-12H2,1-4H3,(H,24,26)/t14-,15+,16-.